The predicted molar refractivity (Wildman–Crippen MR) is 364 cm³/mol. The van der Waals surface area contributed by atoms with Gasteiger partial charge in [0.25, 0.3) is 0 Å². The molecule has 0 heterocycles. The Morgan fingerprint density at radius 1 is 0.174 bits per heavy atom. The molecule has 8 atom stereocenters. The van der Waals surface area contributed by atoms with E-state index in [1.165, 1.54) is 0 Å². The van der Waals surface area contributed by atoms with Gasteiger partial charge in [-0.1, -0.05) is 0 Å². The Kier molecular flexibility index (Phi) is 70.6. The Morgan fingerprint density at radius 3 is 0.337 bits per heavy atom. The number of rotatable bonds is 64. The second kappa shape index (κ2) is 66.9. The van der Waals surface area contributed by atoms with E-state index in [0.29, 0.717) is 264 Å². The summed E-state index contributed by atoms with van der Waals surface area (Å²) in [4.78, 5) is 0. The van der Waals surface area contributed by atoms with E-state index in [0.717, 1.165) is 0 Å². The lowest BCUT2D eigenvalue weighted by atomic mass is 9.92. The molecule has 0 amide bonds. The van der Waals surface area contributed by atoms with E-state index < -0.39 is 21.7 Å². The molecule has 0 aliphatic rings. The first-order valence-electron chi connectivity index (χ1n) is 32.7. The van der Waals surface area contributed by atoms with E-state index in [1.54, 1.807) is 0 Å². The Labute approximate surface area is 555 Å². The summed E-state index contributed by atoms with van der Waals surface area (Å²) in [6, 6.07) is -0.351. The minimum absolute atomic E-state index is 0.0438. The summed E-state index contributed by atoms with van der Waals surface area (Å²) >= 11 is 0. The smallest absolute Gasteiger partial charge is 0.0637 e. The predicted octanol–water partition coefficient (Wildman–Crippen LogP) is -5.40. The van der Waals surface area contributed by atoms with Gasteiger partial charge in [-0.3, -0.25) is 0 Å². The van der Waals surface area contributed by atoms with Crippen LogP contribution in [-0.2, 0) is 75.8 Å². The van der Waals surface area contributed by atoms with Crippen molar-refractivity contribution < 1.29 is 75.8 Å². The molecule has 0 fully saturated rings. The molecule has 0 aliphatic carbocycles. The molecule has 8 unspecified atom stereocenters. The molecule has 32 N–H and O–H groups in total. The molecule has 0 saturated carbocycles. The van der Waals surface area contributed by atoms with Crippen LogP contribution >= 0.6 is 0 Å². The van der Waals surface area contributed by atoms with Crippen molar-refractivity contribution in [1.82, 2.24) is 0 Å². The van der Waals surface area contributed by atoms with Crippen LogP contribution in [0, 0.1) is 21.7 Å². The van der Waals surface area contributed by atoms with Crippen molar-refractivity contribution in [3.05, 3.63) is 0 Å². The van der Waals surface area contributed by atoms with Gasteiger partial charge in [-0.2, -0.15) is 0 Å². The second-order valence-corrected chi connectivity index (χ2v) is 24.7. The third-order valence-electron chi connectivity index (χ3n) is 11.7. The fraction of sp³-hybridized carbons (Fsp3) is 1.00. The van der Waals surface area contributed by atoms with Crippen LogP contribution in [0.3, 0.4) is 0 Å². The van der Waals surface area contributed by atoms with E-state index in [2.05, 4.69) is 0 Å². The molecule has 0 aliphatic heterocycles. The molecule has 0 radical (unpaired) electrons. The Balaban J connectivity index is -0.000000563. The van der Waals surface area contributed by atoms with Crippen molar-refractivity contribution in [3.63, 3.8) is 0 Å². The summed E-state index contributed by atoms with van der Waals surface area (Å²) in [7, 11) is 0. The van der Waals surface area contributed by atoms with Crippen molar-refractivity contribution in [1.29, 1.82) is 0 Å². The van der Waals surface area contributed by atoms with Crippen molar-refractivity contribution >= 4 is 0 Å². The first kappa shape index (κ1) is 97.1. The van der Waals surface area contributed by atoms with Gasteiger partial charge in [0.15, 0.2) is 0 Å². The highest BCUT2D eigenvalue weighted by atomic mass is 16.5. The molecule has 0 aromatic heterocycles. The van der Waals surface area contributed by atoms with Gasteiger partial charge in [-0.15, -0.1) is 0 Å². The summed E-state index contributed by atoms with van der Waals surface area (Å²) in [6.45, 7) is 33.1. The van der Waals surface area contributed by atoms with Crippen LogP contribution in [-0.4, -0.2) is 312 Å². The van der Waals surface area contributed by atoms with Crippen molar-refractivity contribution in [2.45, 2.75) is 104 Å². The van der Waals surface area contributed by atoms with Gasteiger partial charge in [0.2, 0.25) is 0 Å². The summed E-state index contributed by atoms with van der Waals surface area (Å²) in [5, 5.41) is 0. The average Bonchev–Trinajstić information content (AvgIpc) is 2.25. The lowest BCUT2D eigenvalue weighted by Gasteiger charge is -2.34. The first-order valence-corrected chi connectivity index (χ1v) is 32.7. The van der Waals surface area contributed by atoms with Crippen LogP contribution in [0.1, 0.15) is 55.4 Å². The second-order valence-electron chi connectivity index (χ2n) is 24.7. The zero-order chi connectivity index (χ0) is 70.2. The van der Waals surface area contributed by atoms with E-state index in [4.69, 9.17) is 168 Å². The van der Waals surface area contributed by atoms with E-state index >= 15 is 0 Å². The highest BCUT2D eigenvalue weighted by Crippen LogP contribution is 2.24. The molecule has 560 valence electrons. The molecule has 0 spiro atoms. The van der Waals surface area contributed by atoms with Crippen LogP contribution < -0.4 is 91.7 Å². The highest BCUT2D eigenvalue weighted by molar-refractivity contribution is 4.84. The van der Waals surface area contributed by atoms with Crippen molar-refractivity contribution in [3.8, 4) is 0 Å². The lowest BCUT2D eigenvalue weighted by molar-refractivity contribution is -0.110. The maximum Gasteiger partial charge on any atom is 0.0637 e. The summed E-state index contributed by atoms with van der Waals surface area (Å²) in [6.07, 6.45) is 0. The minimum atomic E-state index is -0.465. The molecule has 32 heteroatoms. The number of nitrogens with two attached hydrogens (primary N) is 16. The standard InChI is InChI=1S/2C17H40N4O4.2C13H32N4O4/c2*1-13(18)5-22-9-17(10-23-6-14(2)19,11-24-7-15(3)20)12-25-8-16(4)21;2*14-1-5-18-9-13(10-19-6-2-15,11-20-7-3-16)12-21-8-4-17/h2*13-16H,5-12,18-21H2,1-4H3;2*1-12,14-17H2. The lowest BCUT2D eigenvalue weighted by Crippen LogP contribution is -2.44. The molecular formula is C60H144N16O16. The molecule has 0 aromatic rings. The van der Waals surface area contributed by atoms with Gasteiger partial charge in [-0.25, -0.2) is 0 Å². The monoisotopic (exact) mass is 1350 g/mol. The molecule has 0 aromatic carbocycles. The van der Waals surface area contributed by atoms with E-state index in [-0.39, 0.29) is 48.3 Å². The number of hydrogen-bond acceptors (Lipinski definition) is 32. The minimum Gasteiger partial charge on any atom is -0.379 e. The summed E-state index contributed by atoms with van der Waals surface area (Å²) in [5.41, 5.74) is 88.1. The van der Waals surface area contributed by atoms with Gasteiger partial charge >= 0.3 is 0 Å². The summed E-state index contributed by atoms with van der Waals surface area (Å²) in [5.74, 6) is 0. The van der Waals surface area contributed by atoms with Gasteiger partial charge in [0.1, 0.15) is 0 Å². The maximum absolute atomic E-state index is 5.77. The summed E-state index contributed by atoms with van der Waals surface area (Å²) < 4.78 is 90.8. The van der Waals surface area contributed by atoms with Gasteiger partial charge < -0.3 is 168 Å². The van der Waals surface area contributed by atoms with Crippen molar-refractivity contribution in [2.75, 3.05) is 264 Å². The zero-order valence-electron chi connectivity index (χ0n) is 58.7. The van der Waals surface area contributed by atoms with Gasteiger partial charge in [-0.05, 0) is 55.4 Å². The third kappa shape index (κ3) is 64.7. The van der Waals surface area contributed by atoms with Gasteiger partial charge in [0.05, 0.1) is 233 Å². The van der Waals surface area contributed by atoms with E-state index in [1.807, 2.05) is 55.4 Å². The van der Waals surface area contributed by atoms with E-state index in [9.17, 15) is 0 Å². The van der Waals surface area contributed by atoms with Crippen LogP contribution in [0.5, 0.6) is 0 Å². The Morgan fingerprint density at radius 2 is 0.261 bits per heavy atom. The molecule has 0 rings (SSSR count). The van der Waals surface area contributed by atoms with Crippen molar-refractivity contribution in [2.24, 2.45) is 113 Å². The maximum atomic E-state index is 5.77. The Hall–Kier alpha value is -1.28. The Bertz CT molecular complexity index is 1170. The molecule has 92 heavy (non-hydrogen) atoms. The number of ether oxygens (including phenoxy) is 16. The largest absolute Gasteiger partial charge is 0.379 e. The van der Waals surface area contributed by atoms with Crippen LogP contribution in [0.15, 0.2) is 0 Å². The molecule has 0 bridgehead atoms. The molecular weight excluding hydrogens is 1200 g/mol. The average molecular weight is 1350 g/mol. The molecule has 32 nitrogen and oxygen atoms in total. The van der Waals surface area contributed by atoms with Crippen LogP contribution in [0.2, 0.25) is 0 Å². The fourth-order valence-corrected chi connectivity index (χ4v) is 7.67. The topological polar surface area (TPSA) is 564 Å². The first-order chi connectivity index (χ1) is 43.8. The highest BCUT2D eigenvalue weighted by Gasteiger charge is 2.36. The quantitative estimate of drug-likeness (QED) is 0.0253. The zero-order valence-corrected chi connectivity index (χ0v) is 58.7. The normalized spacial score (nSPS) is 15.9. The fourth-order valence-electron chi connectivity index (χ4n) is 7.67. The van der Waals surface area contributed by atoms with Crippen LogP contribution in [0.25, 0.3) is 0 Å². The van der Waals surface area contributed by atoms with Gasteiger partial charge in [0, 0.05) is 101 Å². The molecule has 0 saturated heterocycles. The number of hydrogen-bond donors (Lipinski definition) is 16. The van der Waals surface area contributed by atoms with Crippen LogP contribution in [0.4, 0.5) is 0 Å². The SMILES string of the molecule is CC(N)COCC(COCC(C)N)(COCC(C)N)COCC(C)N.CC(N)COCC(COCC(C)N)(COCC(C)N)COCC(C)N.NCCOCC(COCCN)(COCCN)COCCN.NCCOCC(COCCN)(COCCN)COCCN. The third-order valence-corrected chi connectivity index (χ3v) is 11.7.